The predicted octanol–water partition coefficient (Wildman–Crippen LogP) is 4.72. The topological polar surface area (TPSA) is 38.0 Å². The van der Waals surface area contributed by atoms with Crippen LogP contribution in [0.1, 0.15) is 26.4 Å². The minimum absolute atomic E-state index is 0.00949. The Morgan fingerprint density at radius 3 is 2.21 bits per heavy atom. The Labute approximate surface area is 175 Å². The first kappa shape index (κ1) is 19.1. The Morgan fingerprint density at radius 1 is 0.724 bits per heavy atom. The smallest absolute Gasteiger partial charge is 0.227 e. The third-order valence-electron chi connectivity index (χ3n) is 4.97. The second-order valence-electron chi connectivity index (χ2n) is 6.88. The van der Waals surface area contributed by atoms with E-state index in [0.29, 0.717) is 16.0 Å². The number of thiol groups is 1. The summed E-state index contributed by atoms with van der Waals surface area (Å²) < 4.78 is 1.95. The number of hydrogen-bond donors (Lipinski definition) is 1. The zero-order valence-corrected chi connectivity index (χ0v) is 16.7. The van der Waals surface area contributed by atoms with Gasteiger partial charge in [-0.25, -0.2) is 0 Å². The molecule has 0 saturated heterocycles. The van der Waals surface area contributed by atoms with Crippen LogP contribution < -0.4 is 4.57 Å². The van der Waals surface area contributed by atoms with Crippen molar-refractivity contribution in [1.82, 2.24) is 0 Å². The van der Waals surface area contributed by atoms with E-state index in [2.05, 4.69) is 12.6 Å². The second kappa shape index (κ2) is 8.41. The highest BCUT2D eigenvalue weighted by molar-refractivity contribution is 7.80. The van der Waals surface area contributed by atoms with Gasteiger partial charge < -0.3 is 0 Å². The maximum absolute atomic E-state index is 12.9. The standard InChI is InChI=1S/C25H19NO2S/c27-23(21-11-5-7-13-25(21)29)16-20-15-14-18-8-4-6-12-22(18)26(20)17-24(28)19-9-2-1-3-10-19/h1-15H,16-17H2/p+1. The number of rotatable bonds is 6. The van der Waals surface area contributed by atoms with Gasteiger partial charge in [0.25, 0.3) is 0 Å². The number of aromatic nitrogens is 1. The number of ketones is 2. The van der Waals surface area contributed by atoms with Crippen molar-refractivity contribution in [3.05, 3.63) is 108 Å². The minimum Gasteiger partial charge on any atom is -0.294 e. The van der Waals surface area contributed by atoms with Gasteiger partial charge in [-0.2, -0.15) is 4.57 Å². The Morgan fingerprint density at radius 2 is 1.41 bits per heavy atom. The fourth-order valence-electron chi connectivity index (χ4n) is 3.47. The normalized spacial score (nSPS) is 10.8. The lowest BCUT2D eigenvalue weighted by molar-refractivity contribution is -0.664. The predicted molar refractivity (Wildman–Crippen MR) is 117 cm³/mol. The first-order valence-electron chi connectivity index (χ1n) is 9.43. The van der Waals surface area contributed by atoms with Gasteiger partial charge in [0.15, 0.2) is 11.5 Å². The molecule has 0 aliphatic rings. The van der Waals surface area contributed by atoms with E-state index in [1.807, 2.05) is 89.5 Å². The first-order chi connectivity index (χ1) is 14.1. The van der Waals surface area contributed by atoms with Crippen LogP contribution in [0.15, 0.2) is 95.9 Å². The molecule has 0 spiro atoms. The lowest BCUT2D eigenvalue weighted by Crippen LogP contribution is -2.43. The number of para-hydroxylation sites is 1. The molecule has 0 unspecified atom stereocenters. The molecule has 4 rings (SSSR count). The number of benzene rings is 3. The van der Waals surface area contributed by atoms with E-state index in [4.69, 9.17) is 0 Å². The molecule has 0 N–H and O–H groups in total. The van der Waals surface area contributed by atoms with Gasteiger partial charge in [-0.1, -0.05) is 60.7 Å². The molecule has 29 heavy (non-hydrogen) atoms. The molecule has 4 heteroatoms. The average Bonchev–Trinajstić information content (AvgIpc) is 2.76. The molecule has 0 bridgehead atoms. The summed E-state index contributed by atoms with van der Waals surface area (Å²) in [6.07, 6.45) is 0.199. The third kappa shape index (κ3) is 4.13. The van der Waals surface area contributed by atoms with Crippen molar-refractivity contribution in [1.29, 1.82) is 0 Å². The van der Waals surface area contributed by atoms with Crippen LogP contribution in [0.2, 0.25) is 0 Å². The molecule has 4 aromatic rings. The van der Waals surface area contributed by atoms with Crippen LogP contribution in [0.5, 0.6) is 0 Å². The summed E-state index contributed by atoms with van der Waals surface area (Å²) in [5.74, 6) is -0.0120. The summed E-state index contributed by atoms with van der Waals surface area (Å²) in [5, 5.41) is 1.03. The number of hydrogen-bond acceptors (Lipinski definition) is 3. The molecule has 0 amide bonds. The molecule has 0 saturated carbocycles. The highest BCUT2D eigenvalue weighted by atomic mass is 32.1. The highest BCUT2D eigenvalue weighted by Crippen LogP contribution is 2.17. The Hall–Kier alpha value is -3.24. The monoisotopic (exact) mass is 398 g/mol. The number of Topliss-reactive ketones (excluding diaryl/α,β-unsaturated/α-hetero) is 2. The van der Waals surface area contributed by atoms with Crippen molar-refractivity contribution in [2.45, 2.75) is 17.9 Å². The van der Waals surface area contributed by atoms with Gasteiger partial charge in [-0.05, 0) is 18.2 Å². The van der Waals surface area contributed by atoms with Crippen molar-refractivity contribution in [3.8, 4) is 0 Å². The van der Waals surface area contributed by atoms with Crippen LogP contribution in [0.25, 0.3) is 10.9 Å². The van der Waals surface area contributed by atoms with Gasteiger partial charge in [0, 0.05) is 33.5 Å². The molecule has 0 atom stereocenters. The summed E-state index contributed by atoms with van der Waals surface area (Å²) >= 11 is 4.41. The van der Waals surface area contributed by atoms with Crippen molar-refractivity contribution in [2.24, 2.45) is 0 Å². The molecule has 3 nitrogen and oxygen atoms in total. The summed E-state index contributed by atoms with van der Waals surface area (Å²) in [5.41, 5.74) is 2.98. The van der Waals surface area contributed by atoms with Crippen LogP contribution in [-0.4, -0.2) is 11.6 Å². The maximum Gasteiger partial charge on any atom is 0.227 e. The van der Waals surface area contributed by atoms with E-state index >= 15 is 0 Å². The third-order valence-corrected chi connectivity index (χ3v) is 5.36. The van der Waals surface area contributed by atoms with Crippen LogP contribution in [0.4, 0.5) is 0 Å². The average molecular weight is 399 g/mol. The van der Waals surface area contributed by atoms with E-state index in [0.717, 1.165) is 16.6 Å². The van der Waals surface area contributed by atoms with Gasteiger partial charge in [0.1, 0.15) is 0 Å². The van der Waals surface area contributed by atoms with Gasteiger partial charge in [0.05, 0.1) is 6.42 Å². The molecule has 0 aliphatic heterocycles. The van der Waals surface area contributed by atoms with E-state index in [1.165, 1.54) is 0 Å². The van der Waals surface area contributed by atoms with E-state index in [9.17, 15) is 9.59 Å². The van der Waals surface area contributed by atoms with Crippen molar-refractivity contribution in [3.63, 3.8) is 0 Å². The van der Waals surface area contributed by atoms with Crippen LogP contribution in [-0.2, 0) is 13.0 Å². The minimum atomic E-state index is -0.0215. The molecule has 1 aromatic heterocycles. The molecule has 1 heterocycles. The zero-order valence-electron chi connectivity index (χ0n) is 15.8. The molecular weight excluding hydrogens is 378 g/mol. The van der Waals surface area contributed by atoms with Crippen molar-refractivity contribution < 1.29 is 14.2 Å². The van der Waals surface area contributed by atoms with E-state index < -0.39 is 0 Å². The number of pyridine rings is 1. The van der Waals surface area contributed by atoms with Gasteiger partial charge in [-0.15, -0.1) is 12.6 Å². The Kier molecular flexibility index (Phi) is 5.54. The van der Waals surface area contributed by atoms with Crippen LogP contribution in [0.3, 0.4) is 0 Å². The number of nitrogens with zero attached hydrogens (tertiary/aromatic N) is 1. The molecule has 0 radical (unpaired) electrons. The summed E-state index contributed by atoms with van der Waals surface area (Å²) in [6, 6.07) is 28.3. The van der Waals surface area contributed by atoms with Crippen molar-refractivity contribution >= 4 is 35.1 Å². The lowest BCUT2D eigenvalue weighted by atomic mass is 10.0. The summed E-state index contributed by atoms with van der Waals surface area (Å²) in [4.78, 5) is 26.5. The summed E-state index contributed by atoms with van der Waals surface area (Å²) in [6.45, 7) is 0.177. The summed E-state index contributed by atoms with van der Waals surface area (Å²) in [7, 11) is 0. The Bertz CT molecular complexity index is 1200. The number of fused-ring (bicyclic) bond motifs is 1. The molecule has 142 valence electrons. The number of carbonyl (C=O) groups is 2. The quantitative estimate of drug-likeness (QED) is 0.290. The lowest BCUT2D eigenvalue weighted by Gasteiger charge is -2.08. The molecule has 3 aromatic carbocycles. The highest BCUT2D eigenvalue weighted by Gasteiger charge is 2.23. The zero-order chi connectivity index (χ0) is 20.2. The van der Waals surface area contributed by atoms with Crippen molar-refractivity contribution in [2.75, 3.05) is 0 Å². The SMILES string of the molecule is O=C(C[n+]1c(CC(=O)c2ccccc2S)ccc2ccccc21)c1ccccc1. The fourth-order valence-corrected chi connectivity index (χ4v) is 3.76. The second-order valence-corrected chi connectivity index (χ2v) is 7.36. The fraction of sp³-hybridized carbons (Fsp3) is 0.0800. The number of carbonyl (C=O) groups excluding carboxylic acids is 2. The molecule has 0 aliphatic carbocycles. The largest absolute Gasteiger partial charge is 0.294 e. The first-order valence-corrected chi connectivity index (χ1v) is 9.88. The van der Waals surface area contributed by atoms with E-state index in [-0.39, 0.29) is 24.5 Å². The maximum atomic E-state index is 12.9. The van der Waals surface area contributed by atoms with Crippen LogP contribution in [0, 0.1) is 0 Å². The van der Waals surface area contributed by atoms with Gasteiger partial charge in [0.2, 0.25) is 17.8 Å². The Balaban J connectivity index is 1.74. The molecular formula is C25H20NO2S+. The molecule has 0 fully saturated rings. The van der Waals surface area contributed by atoms with E-state index in [1.54, 1.807) is 6.07 Å². The van der Waals surface area contributed by atoms with Gasteiger partial charge in [-0.3, -0.25) is 9.59 Å². The van der Waals surface area contributed by atoms with Gasteiger partial charge >= 0.3 is 0 Å². The van der Waals surface area contributed by atoms with Crippen LogP contribution >= 0.6 is 12.6 Å².